The molecule has 1 amide bonds. The van der Waals surface area contributed by atoms with E-state index in [1.54, 1.807) is 18.2 Å². The van der Waals surface area contributed by atoms with Crippen molar-refractivity contribution in [1.29, 1.82) is 0 Å². The minimum absolute atomic E-state index is 0.146. The molecule has 0 aliphatic heterocycles. The molecule has 0 unspecified atom stereocenters. The average Bonchev–Trinajstić information content (AvgIpc) is 2.28. The Bertz CT molecular complexity index is 371. The second-order valence-electron chi connectivity index (χ2n) is 3.32. The Labute approximate surface area is 108 Å². The number of rotatable bonds is 5. The van der Waals surface area contributed by atoms with E-state index in [-0.39, 0.29) is 12.5 Å². The molecule has 1 aromatic carbocycles. The first-order valence-corrected chi connectivity index (χ1v) is 6.16. The van der Waals surface area contributed by atoms with Crippen LogP contribution in [0.2, 0.25) is 5.02 Å². The Morgan fingerprint density at radius 1 is 1.44 bits per heavy atom. The van der Waals surface area contributed by atoms with Crippen molar-refractivity contribution in [2.24, 2.45) is 0 Å². The predicted octanol–water partition coefficient (Wildman–Crippen LogP) is 2.60. The lowest BCUT2D eigenvalue weighted by molar-refractivity contribution is 0.0952. The minimum Gasteiger partial charge on any atom is -0.396 e. The first-order valence-electron chi connectivity index (χ1n) is 4.99. The Morgan fingerprint density at radius 2 is 2.19 bits per heavy atom. The van der Waals surface area contributed by atoms with Crippen LogP contribution in [0.5, 0.6) is 0 Å². The average molecular weight is 307 g/mol. The van der Waals surface area contributed by atoms with Crippen LogP contribution in [0.1, 0.15) is 23.2 Å². The molecule has 0 atom stereocenters. The van der Waals surface area contributed by atoms with E-state index in [4.69, 9.17) is 16.7 Å². The molecule has 0 aromatic heterocycles. The number of benzene rings is 1. The van der Waals surface area contributed by atoms with E-state index >= 15 is 0 Å². The van der Waals surface area contributed by atoms with Gasteiger partial charge >= 0.3 is 0 Å². The van der Waals surface area contributed by atoms with Gasteiger partial charge in [0.2, 0.25) is 0 Å². The monoisotopic (exact) mass is 305 g/mol. The fraction of sp³-hybridized carbons (Fsp3) is 0.364. The molecule has 0 bridgehead atoms. The Kier molecular flexibility index (Phi) is 5.80. The van der Waals surface area contributed by atoms with Gasteiger partial charge in [0, 0.05) is 23.2 Å². The van der Waals surface area contributed by atoms with E-state index < -0.39 is 0 Å². The molecule has 5 heteroatoms. The molecule has 0 heterocycles. The van der Waals surface area contributed by atoms with Crippen LogP contribution in [0.4, 0.5) is 0 Å². The summed E-state index contributed by atoms with van der Waals surface area (Å²) in [5.74, 6) is -0.146. The van der Waals surface area contributed by atoms with Gasteiger partial charge in [-0.05, 0) is 47.0 Å². The summed E-state index contributed by atoms with van der Waals surface area (Å²) in [4.78, 5) is 11.6. The molecule has 0 aliphatic rings. The van der Waals surface area contributed by atoms with Crippen LogP contribution in [-0.2, 0) is 0 Å². The Hall–Kier alpha value is -0.580. The van der Waals surface area contributed by atoms with Crippen LogP contribution in [-0.4, -0.2) is 24.2 Å². The summed E-state index contributed by atoms with van der Waals surface area (Å²) in [6, 6.07) is 5.06. The van der Waals surface area contributed by atoms with Gasteiger partial charge in [0.25, 0.3) is 5.91 Å². The smallest absolute Gasteiger partial charge is 0.251 e. The third-order valence-corrected chi connectivity index (χ3v) is 3.28. The highest BCUT2D eigenvalue weighted by Crippen LogP contribution is 2.23. The SMILES string of the molecule is O=C(NCCCCO)c1ccc(Br)c(Cl)c1. The standard InChI is InChI=1S/C11H13BrClNO2/c12-9-4-3-8(7-10(9)13)11(16)14-5-1-2-6-15/h3-4,7,15H,1-2,5-6H2,(H,14,16). The van der Waals surface area contributed by atoms with Crippen LogP contribution >= 0.6 is 27.5 Å². The largest absolute Gasteiger partial charge is 0.396 e. The zero-order valence-corrected chi connectivity index (χ0v) is 11.0. The molecule has 0 fully saturated rings. The topological polar surface area (TPSA) is 49.3 Å². The fourth-order valence-electron chi connectivity index (χ4n) is 1.18. The number of hydrogen-bond donors (Lipinski definition) is 2. The lowest BCUT2D eigenvalue weighted by Crippen LogP contribution is -2.24. The molecule has 0 spiro atoms. The Morgan fingerprint density at radius 3 is 2.81 bits per heavy atom. The highest BCUT2D eigenvalue weighted by molar-refractivity contribution is 9.10. The molecule has 1 aromatic rings. The van der Waals surface area contributed by atoms with Gasteiger partial charge in [0.15, 0.2) is 0 Å². The van der Waals surface area contributed by atoms with Gasteiger partial charge in [0.05, 0.1) is 5.02 Å². The highest BCUT2D eigenvalue weighted by atomic mass is 79.9. The van der Waals surface area contributed by atoms with E-state index in [1.165, 1.54) is 0 Å². The third kappa shape index (κ3) is 4.12. The minimum atomic E-state index is -0.146. The zero-order valence-electron chi connectivity index (χ0n) is 8.67. The normalized spacial score (nSPS) is 10.2. The van der Waals surface area contributed by atoms with Crippen molar-refractivity contribution in [1.82, 2.24) is 5.32 Å². The number of hydrogen-bond acceptors (Lipinski definition) is 2. The van der Waals surface area contributed by atoms with Crippen molar-refractivity contribution in [3.63, 3.8) is 0 Å². The van der Waals surface area contributed by atoms with Crippen molar-refractivity contribution in [2.45, 2.75) is 12.8 Å². The van der Waals surface area contributed by atoms with E-state index in [2.05, 4.69) is 21.2 Å². The molecule has 0 radical (unpaired) electrons. The zero-order chi connectivity index (χ0) is 12.0. The van der Waals surface area contributed by atoms with Crippen LogP contribution < -0.4 is 5.32 Å². The van der Waals surface area contributed by atoms with E-state index in [9.17, 15) is 4.79 Å². The maximum Gasteiger partial charge on any atom is 0.251 e. The third-order valence-electron chi connectivity index (χ3n) is 2.05. The van der Waals surface area contributed by atoms with E-state index in [0.717, 1.165) is 10.9 Å². The molecular formula is C11H13BrClNO2. The van der Waals surface area contributed by atoms with Gasteiger partial charge < -0.3 is 10.4 Å². The van der Waals surface area contributed by atoms with Gasteiger partial charge in [-0.3, -0.25) is 4.79 Å². The van der Waals surface area contributed by atoms with Gasteiger partial charge in [0.1, 0.15) is 0 Å². The summed E-state index contributed by atoms with van der Waals surface area (Å²) in [6.45, 7) is 0.715. The summed E-state index contributed by atoms with van der Waals surface area (Å²) in [5.41, 5.74) is 0.539. The maximum atomic E-state index is 11.6. The molecule has 0 aliphatic carbocycles. The molecule has 16 heavy (non-hydrogen) atoms. The summed E-state index contributed by atoms with van der Waals surface area (Å²) < 4.78 is 0.769. The van der Waals surface area contributed by atoms with Crippen LogP contribution in [0.15, 0.2) is 22.7 Å². The fourth-order valence-corrected chi connectivity index (χ4v) is 1.61. The van der Waals surface area contributed by atoms with Crippen molar-refractivity contribution in [3.05, 3.63) is 33.3 Å². The van der Waals surface area contributed by atoms with Crippen LogP contribution in [0.25, 0.3) is 0 Å². The molecule has 1 rings (SSSR count). The van der Waals surface area contributed by atoms with Crippen molar-refractivity contribution in [2.75, 3.05) is 13.2 Å². The van der Waals surface area contributed by atoms with Gasteiger partial charge in [-0.1, -0.05) is 11.6 Å². The van der Waals surface area contributed by atoms with Gasteiger partial charge in [-0.2, -0.15) is 0 Å². The number of carbonyl (C=O) groups is 1. The number of carbonyl (C=O) groups excluding carboxylic acids is 1. The first-order chi connectivity index (χ1) is 7.65. The first kappa shape index (κ1) is 13.5. The highest BCUT2D eigenvalue weighted by Gasteiger charge is 2.06. The van der Waals surface area contributed by atoms with Crippen LogP contribution in [0, 0.1) is 0 Å². The number of nitrogens with one attached hydrogen (secondary N) is 1. The summed E-state index contributed by atoms with van der Waals surface area (Å²) in [6.07, 6.45) is 1.47. The number of halogens is 2. The van der Waals surface area contributed by atoms with Gasteiger partial charge in [-0.25, -0.2) is 0 Å². The van der Waals surface area contributed by atoms with Crippen molar-refractivity contribution >= 4 is 33.4 Å². The number of amides is 1. The molecule has 88 valence electrons. The van der Waals surface area contributed by atoms with Gasteiger partial charge in [-0.15, -0.1) is 0 Å². The number of unbranched alkanes of at least 4 members (excludes halogenated alkanes) is 1. The quantitative estimate of drug-likeness (QED) is 0.822. The second-order valence-corrected chi connectivity index (χ2v) is 4.58. The molecular weight excluding hydrogens is 293 g/mol. The number of aliphatic hydroxyl groups excluding tert-OH is 1. The van der Waals surface area contributed by atoms with E-state index in [0.29, 0.717) is 23.6 Å². The molecule has 0 saturated heterocycles. The second kappa shape index (κ2) is 6.89. The van der Waals surface area contributed by atoms with Crippen molar-refractivity contribution < 1.29 is 9.90 Å². The maximum absolute atomic E-state index is 11.6. The molecule has 2 N–H and O–H groups in total. The summed E-state index contributed by atoms with van der Waals surface area (Å²) in [7, 11) is 0. The lowest BCUT2D eigenvalue weighted by Gasteiger charge is -2.05. The number of aliphatic hydroxyl groups is 1. The molecule has 0 saturated carbocycles. The lowest BCUT2D eigenvalue weighted by atomic mass is 10.2. The van der Waals surface area contributed by atoms with Crippen LogP contribution in [0.3, 0.4) is 0 Å². The molecule has 3 nitrogen and oxygen atoms in total. The predicted molar refractivity (Wildman–Crippen MR) is 67.8 cm³/mol. The Balaban J connectivity index is 2.50. The summed E-state index contributed by atoms with van der Waals surface area (Å²) >= 11 is 9.14. The van der Waals surface area contributed by atoms with E-state index in [1.807, 2.05) is 0 Å². The van der Waals surface area contributed by atoms with Crippen molar-refractivity contribution in [3.8, 4) is 0 Å². The summed E-state index contributed by atoms with van der Waals surface area (Å²) in [5, 5.41) is 11.9.